The lowest BCUT2D eigenvalue weighted by molar-refractivity contribution is 0.249. The van der Waals surface area contributed by atoms with E-state index in [-0.39, 0.29) is 0 Å². The fourth-order valence-electron chi connectivity index (χ4n) is 4.00. The Kier molecular flexibility index (Phi) is 5.81. The average Bonchev–Trinajstić information content (AvgIpc) is 3.21. The highest BCUT2D eigenvalue weighted by atomic mass is 16.5. The molecule has 1 saturated heterocycles. The second-order valence-electron chi connectivity index (χ2n) is 7.93. The van der Waals surface area contributed by atoms with Crippen molar-refractivity contribution in [3.63, 3.8) is 0 Å². The summed E-state index contributed by atoms with van der Waals surface area (Å²) in [6.07, 6.45) is 5.72. The molecule has 0 aliphatic carbocycles. The Labute approximate surface area is 187 Å². The van der Waals surface area contributed by atoms with Crippen LogP contribution in [0.2, 0.25) is 0 Å². The lowest BCUT2D eigenvalue weighted by Crippen LogP contribution is -2.46. The Morgan fingerprint density at radius 1 is 0.812 bits per heavy atom. The number of para-hydroxylation sites is 1. The minimum absolute atomic E-state index is 0.812. The van der Waals surface area contributed by atoms with Gasteiger partial charge in [-0.15, -0.1) is 0 Å². The Balaban J connectivity index is 1.25. The summed E-state index contributed by atoms with van der Waals surface area (Å²) in [7, 11) is 1.98. The highest BCUT2D eigenvalue weighted by molar-refractivity contribution is 5.63. The predicted octanol–water partition coefficient (Wildman–Crippen LogP) is 3.99. The quantitative estimate of drug-likeness (QED) is 0.465. The molecule has 2 aromatic heterocycles. The van der Waals surface area contributed by atoms with Gasteiger partial charge >= 0.3 is 0 Å². The molecule has 162 valence electrons. The molecule has 0 spiro atoms. The fraction of sp³-hybridized carbons (Fsp3) is 0.240. The molecule has 0 atom stereocenters. The van der Waals surface area contributed by atoms with Crippen molar-refractivity contribution in [1.82, 2.24) is 24.6 Å². The molecule has 0 bridgehead atoms. The van der Waals surface area contributed by atoms with Crippen molar-refractivity contribution in [2.45, 2.75) is 6.54 Å². The zero-order valence-electron chi connectivity index (χ0n) is 18.1. The lowest BCUT2D eigenvalue weighted by Gasteiger charge is -2.34. The third kappa shape index (κ3) is 4.63. The molecule has 7 heteroatoms. The number of aromatic nitrogens is 4. The van der Waals surface area contributed by atoms with E-state index >= 15 is 0 Å². The van der Waals surface area contributed by atoms with E-state index in [0.29, 0.717) is 0 Å². The maximum absolute atomic E-state index is 5.92. The molecule has 4 aromatic rings. The summed E-state index contributed by atoms with van der Waals surface area (Å²) < 4.78 is 7.82. The first kappa shape index (κ1) is 20.2. The Bertz CT molecular complexity index is 1140. The van der Waals surface area contributed by atoms with Crippen molar-refractivity contribution in [3.8, 4) is 22.8 Å². The van der Waals surface area contributed by atoms with E-state index in [1.54, 1.807) is 12.4 Å². The van der Waals surface area contributed by atoms with Gasteiger partial charge in [0.1, 0.15) is 11.5 Å². The molecule has 5 rings (SSSR count). The third-order valence-electron chi connectivity index (χ3n) is 5.61. The van der Waals surface area contributed by atoms with Crippen LogP contribution in [0.15, 0.2) is 79.3 Å². The van der Waals surface area contributed by atoms with Crippen molar-refractivity contribution < 1.29 is 4.74 Å². The molecule has 0 amide bonds. The van der Waals surface area contributed by atoms with Gasteiger partial charge in [-0.2, -0.15) is 5.10 Å². The van der Waals surface area contributed by atoms with Crippen molar-refractivity contribution in [2.75, 3.05) is 31.1 Å². The summed E-state index contributed by atoms with van der Waals surface area (Å²) in [4.78, 5) is 13.5. The zero-order chi connectivity index (χ0) is 21.8. The number of piperazine rings is 1. The van der Waals surface area contributed by atoms with Gasteiger partial charge in [0.05, 0.1) is 5.69 Å². The van der Waals surface area contributed by atoms with Crippen LogP contribution < -0.4 is 9.64 Å². The van der Waals surface area contributed by atoms with Crippen molar-refractivity contribution in [2.24, 2.45) is 7.05 Å². The third-order valence-corrected chi connectivity index (χ3v) is 5.61. The Morgan fingerprint density at radius 2 is 1.50 bits per heavy atom. The van der Waals surface area contributed by atoms with E-state index in [2.05, 4.69) is 38.1 Å². The second kappa shape index (κ2) is 9.20. The van der Waals surface area contributed by atoms with Crippen LogP contribution in [0, 0.1) is 0 Å². The summed E-state index contributed by atoms with van der Waals surface area (Å²) in [6.45, 7) is 4.65. The van der Waals surface area contributed by atoms with E-state index in [0.717, 1.165) is 61.4 Å². The summed E-state index contributed by atoms with van der Waals surface area (Å²) in [5.41, 5.74) is 3.35. The molecular formula is C25H26N6O. The maximum Gasteiger partial charge on any atom is 0.225 e. The minimum Gasteiger partial charge on any atom is -0.457 e. The van der Waals surface area contributed by atoms with Crippen LogP contribution in [0.5, 0.6) is 11.5 Å². The number of nitrogens with zero attached hydrogens (tertiary/aromatic N) is 6. The number of ether oxygens (including phenoxy) is 1. The number of benzene rings is 2. The zero-order valence-corrected chi connectivity index (χ0v) is 18.1. The van der Waals surface area contributed by atoms with Crippen LogP contribution in [-0.4, -0.2) is 50.8 Å². The lowest BCUT2D eigenvalue weighted by atomic mass is 10.1. The maximum atomic E-state index is 5.92. The number of rotatable bonds is 6. The normalized spacial score (nSPS) is 14.5. The largest absolute Gasteiger partial charge is 0.457 e. The predicted molar refractivity (Wildman–Crippen MR) is 125 cm³/mol. The highest BCUT2D eigenvalue weighted by Gasteiger charge is 2.21. The van der Waals surface area contributed by atoms with Gasteiger partial charge in [0, 0.05) is 69.5 Å². The number of aryl methyl sites for hydroxylation is 1. The van der Waals surface area contributed by atoms with E-state index in [9.17, 15) is 0 Å². The first-order chi connectivity index (χ1) is 15.7. The molecule has 32 heavy (non-hydrogen) atoms. The van der Waals surface area contributed by atoms with Gasteiger partial charge in [0.25, 0.3) is 0 Å². The number of hydrogen-bond donors (Lipinski definition) is 0. The first-order valence-electron chi connectivity index (χ1n) is 10.8. The van der Waals surface area contributed by atoms with Crippen LogP contribution in [-0.2, 0) is 13.6 Å². The van der Waals surface area contributed by atoms with E-state index in [1.807, 2.05) is 60.3 Å². The summed E-state index contributed by atoms with van der Waals surface area (Å²) in [6, 6.07) is 19.8. The van der Waals surface area contributed by atoms with Gasteiger partial charge in [-0.25, -0.2) is 9.97 Å². The Morgan fingerprint density at radius 3 is 2.22 bits per heavy atom. The standard InChI is InChI=1S/C25H26N6O/c1-29-18-21(19-30-14-16-31(17-15-30)25-26-12-5-13-27-25)24(28-29)20-8-10-23(11-9-20)32-22-6-3-2-4-7-22/h2-13,18H,14-17,19H2,1H3. The molecule has 1 aliphatic heterocycles. The van der Waals surface area contributed by atoms with Gasteiger partial charge in [0.2, 0.25) is 5.95 Å². The summed E-state index contributed by atoms with van der Waals surface area (Å²) >= 11 is 0. The van der Waals surface area contributed by atoms with Gasteiger partial charge in [-0.3, -0.25) is 9.58 Å². The van der Waals surface area contributed by atoms with E-state index in [4.69, 9.17) is 9.84 Å². The van der Waals surface area contributed by atoms with Crippen molar-refractivity contribution in [3.05, 3.63) is 84.8 Å². The van der Waals surface area contributed by atoms with Crippen LogP contribution in [0.1, 0.15) is 5.56 Å². The molecule has 0 N–H and O–H groups in total. The molecule has 0 radical (unpaired) electrons. The minimum atomic E-state index is 0.812. The van der Waals surface area contributed by atoms with Crippen LogP contribution in [0.25, 0.3) is 11.3 Å². The fourth-order valence-corrected chi connectivity index (χ4v) is 4.00. The number of hydrogen-bond acceptors (Lipinski definition) is 6. The second-order valence-corrected chi connectivity index (χ2v) is 7.93. The summed E-state index contributed by atoms with van der Waals surface area (Å²) in [5.74, 6) is 2.46. The van der Waals surface area contributed by atoms with Crippen LogP contribution in [0.3, 0.4) is 0 Å². The van der Waals surface area contributed by atoms with Crippen LogP contribution in [0.4, 0.5) is 5.95 Å². The Hall–Kier alpha value is -3.71. The van der Waals surface area contributed by atoms with Gasteiger partial charge in [0.15, 0.2) is 0 Å². The van der Waals surface area contributed by atoms with Crippen LogP contribution >= 0.6 is 0 Å². The molecule has 1 fully saturated rings. The number of anilines is 1. The van der Waals surface area contributed by atoms with Gasteiger partial charge in [-0.1, -0.05) is 18.2 Å². The summed E-state index contributed by atoms with van der Waals surface area (Å²) in [5, 5.41) is 4.74. The highest BCUT2D eigenvalue weighted by Crippen LogP contribution is 2.28. The van der Waals surface area contributed by atoms with Gasteiger partial charge in [-0.05, 0) is 42.5 Å². The molecular weight excluding hydrogens is 400 g/mol. The SMILES string of the molecule is Cn1cc(CN2CCN(c3ncccn3)CC2)c(-c2ccc(Oc3ccccc3)cc2)n1. The molecule has 0 unspecified atom stereocenters. The average molecular weight is 427 g/mol. The topological polar surface area (TPSA) is 59.3 Å². The first-order valence-corrected chi connectivity index (χ1v) is 10.8. The van der Waals surface area contributed by atoms with E-state index in [1.165, 1.54) is 5.56 Å². The van der Waals surface area contributed by atoms with Crippen molar-refractivity contribution >= 4 is 5.95 Å². The monoisotopic (exact) mass is 426 g/mol. The van der Waals surface area contributed by atoms with Crippen molar-refractivity contribution in [1.29, 1.82) is 0 Å². The smallest absolute Gasteiger partial charge is 0.225 e. The molecule has 3 heterocycles. The molecule has 0 saturated carbocycles. The molecule has 7 nitrogen and oxygen atoms in total. The van der Waals surface area contributed by atoms with E-state index < -0.39 is 0 Å². The van der Waals surface area contributed by atoms with Gasteiger partial charge < -0.3 is 9.64 Å². The molecule has 1 aliphatic rings. The molecule has 2 aromatic carbocycles.